The third kappa shape index (κ3) is 2.63. The lowest BCUT2D eigenvalue weighted by Gasteiger charge is -1.97. The van der Waals surface area contributed by atoms with Gasteiger partial charge in [0.15, 0.2) is 5.70 Å². The van der Waals surface area contributed by atoms with Crippen molar-refractivity contribution in [2.24, 2.45) is 4.99 Å². The maximum atomic E-state index is 11.8. The second-order valence-electron chi connectivity index (χ2n) is 4.25. The summed E-state index contributed by atoms with van der Waals surface area (Å²) in [4.78, 5) is 16.0. The average molecular weight is 284 g/mol. The molecule has 0 radical (unpaired) electrons. The number of benzene rings is 2. The van der Waals surface area contributed by atoms with Crippen molar-refractivity contribution >= 4 is 29.5 Å². The Kier molecular flexibility index (Phi) is 3.35. The van der Waals surface area contributed by atoms with Crippen LogP contribution in [-0.2, 0) is 9.53 Å². The molecule has 2 aromatic rings. The first-order valence-electron chi connectivity index (χ1n) is 6.06. The van der Waals surface area contributed by atoms with Gasteiger partial charge in [-0.25, -0.2) is 9.79 Å². The largest absolute Gasteiger partial charge is 0.402 e. The van der Waals surface area contributed by atoms with Gasteiger partial charge in [-0.15, -0.1) is 0 Å². The van der Waals surface area contributed by atoms with Crippen LogP contribution in [0.25, 0.3) is 6.08 Å². The average Bonchev–Trinajstić information content (AvgIpc) is 2.84. The molecule has 0 bridgehead atoms. The minimum atomic E-state index is -0.446. The fraction of sp³-hybridized carbons (Fsp3) is 0. The number of ether oxygens (including phenoxy) is 1. The van der Waals surface area contributed by atoms with Gasteiger partial charge in [0, 0.05) is 10.6 Å². The summed E-state index contributed by atoms with van der Waals surface area (Å²) in [7, 11) is 0. The molecule has 0 unspecified atom stereocenters. The number of carbonyl (C=O) groups excluding carboxylic acids is 1. The molecule has 2 aromatic carbocycles. The normalized spacial score (nSPS) is 16.1. The van der Waals surface area contributed by atoms with Crippen LogP contribution >= 0.6 is 11.6 Å². The molecular formula is C16H10ClNO2. The molecular weight excluding hydrogens is 274 g/mol. The molecule has 1 aliphatic heterocycles. The summed E-state index contributed by atoms with van der Waals surface area (Å²) in [6.07, 6.45) is 1.68. The van der Waals surface area contributed by atoms with E-state index >= 15 is 0 Å². The second-order valence-corrected chi connectivity index (χ2v) is 4.69. The Morgan fingerprint density at radius 3 is 2.40 bits per heavy atom. The van der Waals surface area contributed by atoms with Crippen LogP contribution in [0.15, 0.2) is 65.3 Å². The van der Waals surface area contributed by atoms with Gasteiger partial charge in [-0.3, -0.25) is 0 Å². The highest BCUT2D eigenvalue weighted by Gasteiger charge is 2.23. The zero-order valence-corrected chi connectivity index (χ0v) is 11.2. The maximum absolute atomic E-state index is 11.8. The lowest BCUT2D eigenvalue weighted by Crippen LogP contribution is -2.04. The van der Waals surface area contributed by atoms with Gasteiger partial charge >= 0.3 is 5.97 Å². The van der Waals surface area contributed by atoms with Crippen LogP contribution in [0.2, 0.25) is 5.02 Å². The van der Waals surface area contributed by atoms with Crippen molar-refractivity contribution in [1.82, 2.24) is 0 Å². The van der Waals surface area contributed by atoms with Crippen LogP contribution in [0.5, 0.6) is 0 Å². The number of cyclic esters (lactones) is 1. The van der Waals surface area contributed by atoms with Crippen molar-refractivity contribution in [2.75, 3.05) is 0 Å². The summed E-state index contributed by atoms with van der Waals surface area (Å²) in [6.45, 7) is 0. The van der Waals surface area contributed by atoms with Crippen LogP contribution < -0.4 is 0 Å². The molecule has 0 N–H and O–H groups in total. The Morgan fingerprint density at radius 2 is 1.70 bits per heavy atom. The zero-order valence-electron chi connectivity index (χ0n) is 10.4. The summed E-state index contributed by atoms with van der Waals surface area (Å²) in [6, 6.07) is 16.5. The molecule has 0 atom stereocenters. The van der Waals surface area contributed by atoms with Crippen LogP contribution in [0, 0.1) is 0 Å². The molecule has 0 saturated heterocycles. The number of rotatable bonds is 2. The molecule has 0 saturated carbocycles. The number of aliphatic imine (C=N–C) groups is 1. The highest BCUT2D eigenvalue weighted by molar-refractivity contribution is 6.30. The van der Waals surface area contributed by atoms with Crippen LogP contribution in [-0.4, -0.2) is 11.9 Å². The van der Waals surface area contributed by atoms with Crippen LogP contribution in [0.4, 0.5) is 0 Å². The van der Waals surface area contributed by atoms with Gasteiger partial charge in [0.1, 0.15) is 0 Å². The van der Waals surface area contributed by atoms with Crippen LogP contribution in [0.3, 0.4) is 0 Å². The minimum Gasteiger partial charge on any atom is -0.402 e. The van der Waals surface area contributed by atoms with E-state index in [0.717, 1.165) is 11.1 Å². The number of esters is 1. The topological polar surface area (TPSA) is 38.7 Å². The van der Waals surface area contributed by atoms with Gasteiger partial charge in [0.25, 0.3) is 0 Å². The first-order chi connectivity index (χ1) is 9.72. The Balaban J connectivity index is 1.92. The first kappa shape index (κ1) is 12.6. The molecule has 1 heterocycles. The van der Waals surface area contributed by atoms with E-state index in [0.29, 0.717) is 10.9 Å². The summed E-state index contributed by atoms with van der Waals surface area (Å²) in [5.41, 5.74) is 1.91. The summed E-state index contributed by atoms with van der Waals surface area (Å²) < 4.78 is 5.17. The fourth-order valence-electron chi connectivity index (χ4n) is 1.83. The van der Waals surface area contributed by atoms with Crippen molar-refractivity contribution < 1.29 is 9.53 Å². The molecule has 0 spiro atoms. The van der Waals surface area contributed by atoms with Crippen molar-refractivity contribution in [3.05, 3.63) is 76.4 Å². The Labute approximate surface area is 121 Å². The minimum absolute atomic E-state index is 0.283. The smallest absolute Gasteiger partial charge is 0.363 e. The van der Waals surface area contributed by atoms with E-state index < -0.39 is 5.97 Å². The predicted octanol–water partition coefficient (Wildman–Crippen LogP) is 3.68. The molecule has 1 aliphatic rings. The molecule has 0 fully saturated rings. The number of hydrogen-bond acceptors (Lipinski definition) is 3. The van der Waals surface area contributed by atoms with E-state index in [1.807, 2.05) is 42.5 Å². The third-order valence-corrected chi connectivity index (χ3v) is 3.07. The second kappa shape index (κ2) is 5.31. The molecule has 3 nitrogen and oxygen atoms in total. The lowest BCUT2D eigenvalue weighted by atomic mass is 10.2. The fourth-order valence-corrected chi connectivity index (χ4v) is 1.96. The quantitative estimate of drug-likeness (QED) is 0.623. The maximum Gasteiger partial charge on any atom is 0.363 e. The zero-order chi connectivity index (χ0) is 13.9. The molecule has 4 heteroatoms. The van der Waals surface area contributed by atoms with E-state index in [2.05, 4.69) is 4.99 Å². The Bertz CT molecular complexity index is 703. The highest BCUT2D eigenvalue weighted by Crippen LogP contribution is 2.19. The number of carbonyl (C=O) groups is 1. The van der Waals surface area contributed by atoms with E-state index in [4.69, 9.17) is 16.3 Å². The Hall–Kier alpha value is -2.39. The Morgan fingerprint density at radius 1 is 1.00 bits per heavy atom. The van der Waals surface area contributed by atoms with Gasteiger partial charge in [-0.05, 0) is 35.9 Å². The number of hydrogen-bond donors (Lipinski definition) is 0. The van der Waals surface area contributed by atoms with Crippen molar-refractivity contribution in [3.63, 3.8) is 0 Å². The van der Waals surface area contributed by atoms with Gasteiger partial charge in [-0.2, -0.15) is 0 Å². The SMILES string of the molecule is O=C1OC(c2ccccc2)=N/C1=C/c1ccc(Cl)cc1. The number of halogens is 1. The van der Waals surface area contributed by atoms with E-state index in [9.17, 15) is 4.79 Å². The first-order valence-corrected chi connectivity index (χ1v) is 6.44. The van der Waals surface area contributed by atoms with Crippen LogP contribution in [0.1, 0.15) is 11.1 Å². The van der Waals surface area contributed by atoms with Crippen molar-refractivity contribution in [1.29, 1.82) is 0 Å². The summed E-state index contributed by atoms with van der Waals surface area (Å²) in [5.74, 6) is -0.116. The van der Waals surface area contributed by atoms with E-state index in [1.165, 1.54) is 0 Å². The summed E-state index contributed by atoms with van der Waals surface area (Å²) in [5, 5.41) is 0.648. The van der Waals surface area contributed by atoms with Gasteiger partial charge in [0.2, 0.25) is 5.90 Å². The van der Waals surface area contributed by atoms with Crippen molar-refractivity contribution in [3.8, 4) is 0 Å². The number of nitrogens with zero attached hydrogens (tertiary/aromatic N) is 1. The standard InChI is InChI=1S/C16H10ClNO2/c17-13-8-6-11(7-9-13)10-14-16(19)20-15(18-14)12-4-2-1-3-5-12/h1-10H/b14-10+. The monoisotopic (exact) mass is 283 g/mol. The van der Waals surface area contributed by atoms with Gasteiger partial charge in [0.05, 0.1) is 0 Å². The van der Waals surface area contributed by atoms with Crippen molar-refractivity contribution in [2.45, 2.75) is 0 Å². The van der Waals surface area contributed by atoms with E-state index in [-0.39, 0.29) is 5.70 Å². The molecule has 0 amide bonds. The molecule has 3 rings (SSSR count). The highest BCUT2D eigenvalue weighted by atomic mass is 35.5. The lowest BCUT2D eigenvalue weighted by molar-refractivity contribution is -0.129. The molecule has 0 aromatic heterocycles. The van der Waals surface area contributed by atoms with Gasteiger partial charge in [-0.1, -0.05) is 41.9 Å². The summed E-state index contributed by atoms with van der Waals surface area (Å²) >= 11 is 5.82. The van der Waals surface area contributed by atoms with Gasteiger partial charge < -0.3 is 4.74 Å². The third-order valence-electron chi connectivity index (χ3n) is 2.81. The molecule has 98 valence electrons. The predicted molar refractivity (Wildman–Crippen MR) is 78.5 cm³/mol. The molecule has 20 heavy (non-hydrogen) atoms. The van der Waals surface area contributed by atoms with E-state index in [1.54, 1.807) is 18.2 Å². The molecule has 0 aliphatic carbocycles.